The van der Waals surface area contributed by atoms with Crippen molar-refractivity contribution in [3.05, 3.63) is 34.9 Å². The van der Waals surface area contributed by atoms with Crippen LogP contribution in [0.5, 0.6) is 0 Å². The summed E-state index contributed by atoms with van der Waals surface area (Å²) in [6.45, 7) is 2.81. The molecule has 0 radical (unpaired) electrons. The van der Waals surface area contributed by atoms with Gasteiger partial charge in [0.25, 0.3) is 0 Å². The predicted molar refractivity (Wildman–Crippen MR) is 98.1 cm³/mol. The lowest BCUT2D eigenvalue weighted by molar-refractivity contribution is -0.128. The van der Waals surface area contributed by atoms with Crippen LogP contribution in [-0.4, -0.2) is 62.5 Å². The number of halogens is 2. The van der Waals surface area contributed by atoms with Crippen LogP contribution in [0.2, 0.25) is 5.02 Å². The van der Waals surface area contributed by atoms with Gasteiger partial charge in [0.1, 0.15) is 0 Å². The number of carbonyl (C=O) groups excluding carboxylic acids is 1. The number of hydrogen-bond donors (Lipinski definition) is 1. The first-order chi connectivity index (χ1) is 10.7. The second-order valence-corrected chi connectivity index (χ2v) is 8.45. The lowest BCUT2D eigenvalue weighted by Crippen LogP contribution is -2.53. The Kier molecular flexibility index (Phi) is 7.49. The SMILES string of the molecule is CC(C(=O)N(C)C)S(=O)(=O)N1CCNCC1c1cccc(Cl)c1.Cl. The summed E-state index contributed by atoms with van der Waals surface area (Å²) in [6, 6.07) is 6.79. The second kappa shape index (κ2) is 8.49. The molecule has 9 heteroatoms. The summed E-state index contributed by atoms with van der Waals surface area (Å²) in [7, 11) is -0.645. The molecule has 0 saturated carbocycles. The van der Waals surface area contributed by atoms with Gasteiger partial charge >= 0.3 is 0 Å². The third kappa shape index (κ3) is 4.40. The maximum absolute atomic E-state index is 12.9. The number of benzene rings is 1. The highest BCUT2D eigenvalue weighted by atomic mass is 35.5. The Labute approximate surface area is 154 Å². The maximum atomic E-state index is 12.9. The first-order valence-electron chi connectivity index (χ1n) is 7.43. The molecule has 136 valence electrons. The molecule has 1 N–H and O–H groups in total. The van der Waals surface area contributed by atoms with Gasteiger partial charge < -0.3 is 10.2 Å². The van der Waals surface area contributed by atoms with Crippen molar-refractivity contribution < 1.29 is 13.2 Å². The Hall–Kier alpha value is -0.860. The van der Waals surface area contributed by atoms with Gasteiger partial charge in [0, 0.05) is 38.8 Å². The average molecular weight is 396 g/mol. The van der Waals surface area contributed by atoms with E-state index >= 15 is 0 Å². The average Bonchev–Trinajstić information content (AvgIpc) is 2.53. The second-order valence-electron chi connectivity index (χ2n) is 5.81. The summed E-state index contributed by atoms with van der Waals surface area (Å²) >= 11 is 6.03. The van der Waals surface area contributed by atoms with E-state index in [0.717, 1.165) is 5.56 Å². The number of nitrogens with one attached hydrogen (secondary N) is 1. The molecule has 6 nitrogen and oxygen atoms in total. The van der Waals surface area contributed by atoms with Crippen molar-refractivity contribution in [3.63, 3.8) is 0 Å². The largest absolute Gasteiger partial charge is 0.348 e. The molecule has 1 aromatic carbocycles. The highest BCUT2D eigenvalue weighted by Gasteiger charge is 2.40. The van der Waals surface area contributed by atoms with Crippen LogP contribution < -0.4 is 5.32 Å². The van der Waals surface area contributed by atoms with E-state index in [1.54, 1.807) is 32.3 Å². The minimum absolute atomic E-state index is 0. The fraction of sp³-hybridized carbons (Fsp3) is 0.533. The molecule has 1 aliphatic rings. The number of nitrogens with zero attached hydrogens (tertiary/aromatic N) is 2. The number of hydrogen-bond acceptors (Lipinski definition) is 4. The third-order valence-corrected chi connectivity index (χ3v) is 6.41. The van der Waals surface area contributed by atoms with Crippen LogP contribution in [0.1, 0.15) is 18.5 Å². The minimum Gasteiger partial charge on any atom is -0.348 e. The molecule has 2 atom stereocenters. The first kappa shape index (κ1) is 21.2. The van der Waals surface area contributed by atoms with E-state index in [1.165, 1.54) is 16.1 Å². The summed E-state index contributed by atoms with van der Waals surface area (Å²) in [4.78, 5) is 13.4. The lowest BCUT2D eigenvalue weighted by atomic mass is 10.1. The van der Waals surface area contributed by atoms with Crippen molar-refractivity contribution in [3.8, 4) is 0 Å². The Morgan fingerprint density at radius 2 is 2.08 bits per heavy atom. The van der Waals surface area contributed by atoms with Crippen LogP contribution in [-0.2, 0) is 14.8 Å². The van der Waals surface area contributed by atoms with Gasteiger partial charge in [0.05, 0.1) is 6.04 Å². The zero-order chi connectivity index (χ0) is 17.2. The zero-order valence-corrected chi connectivity index (χ0v) is 16.3. The Bertz CT molecular complexity index is 682. The van der Waals surface area contributed by atoms with Crippen molar-refractivity contribution >= 4 is 39.9 Å². The van der Waals surface area contributed by atoms with Gasteiger partial charge in [-0.15, -0.1) is 12.4 Å². The smallest absolute Gasteiger partial charge is 0.241 e. The zero-order valence-electron chi connectivity index (χ0n) is 13.9. The summed E-state index contributed by atoms with van der Waals surface area (Å²) in [5.41, 5.74) is 0.817. The molecule has 1 saturated heterocycles. The van der Waals surface area contributed by atoms with Crippen molar-refractivity contribution in [1.29, 1.82) is 0 Å². The molecule has 1 amide bonds. The molecule has 2 unspecified atom stereocenters. The fourth-order valence-electron chi connectivity index (χ4n) is 2.68. The highest BCUT2D eigenvalue weighted by molar-refractivity contribution is 7.90. The molecule has 1 aromatic rings. The number of amides is 1. The van der Waals surface area contributed by atoms with E-state index < -0.39 is 21.2 Å². The molecule has 1 heterocycles. The van der Waals surface area contributed by atoms with E-state index in [1.807, 2.05) is 6.07 Å². The number of sulfonamides is 1. The molecule has 2 rings (SSSR count). The molecule has 0 aromatic heterocycles. The minimum atomic E-state index is -3.76. The molecule has 1 aliphatic heterocycles. The summed E-state index contributed by atoms with van der Waals surface area (Å²) < 4.78 is 27.3. The van der Waals surface area contributed by atoms with Gasteiger partial charge in [0.2, 0.25) is 15.9 Å². The first-order valence-corrected chi connectivity index (χ1v) is 9.31. The summed E-state index contributed by atoms with van der Waals surface area (Å²) in [5, 5.41) is 2.65. The molecular formula is C15H23Cl2N3O3S. The van der Waals surface area contributed by atoms with Crippen LogP contribution in [0.15, 0.2) is 24.3 Å². The van der Waals surface area contributed by atoms with Gasteiger partial charge in [-0.1, -0.05) is 23.7 Å². The molecule has 0 aliphatic carbocycles. The van der Waals surface area contributed by atoms with Crippen molar-refractivity contribution in [2.45, 2.75) is 18.2 Å². The van der Waals surface area contributed by atoms with Crippen LogP contribution in [0, 0.1) is 0 Å². The normalized spacial score (nSPS) is 20.1. The van der Waals surface area contributed by atoms with Crippen LogP contribution in [0.4, 0.5) is 0 Å². The van der Waals surface area contributed by atoms with Gasteiger partial charge in [-0.3, -0.25) is 4.79 Å². The maximum Gasteiger partial charge on any atom is 0.241 e. The predicted octanol–water partition coefficient (Wildman–Crippen LogP) is 1.51. The van der Waals surface area contributed by atoms with E-state index in [2.05, 4.69) is 5.32 Å². The van der Waals surface area contributed by atoms with Crippen LogP contribution in [0.3, 0.4) is 0 Å². The topological polar surface area (TPSA) is 69.7 Å². The van der Waals surface area contributed by atoms with Gasteiger partial charge in [0.15, 0.2) is 5.25 Å². The molecule has 24 heavy (non-hydrogen) atoms. The number of rotatable bonds is 4. The van der Waals surface area contributed by atoms with Crippen LogP contribution in [0.25, 0.3) is 0 Å². The van der Waals surface area contributed by atoms with Crippen molar-refractivity contribution in [2.24, 2.45) is 0 Å². The Morgan fingerprint density at radius 1 is 1.42 bits per heavy atom. The molecular weight excluding hydrogens is 373 g/mol. The quantitative estimate of drug-likeness (QED) is 0.838. The molecule has 0 spiro atoms. The van der Waals surface area contributed by atoms with E-state index in [-0.39, 0.29) is 18.4 Å². The lowest BCUT2D eigenvalue weighted by Gasteiger charge is -2.37. The molecule has 0 bridgehead atoms. The summed E-state index contributed by atoms with van der Waals surface area (Å²) in [5.74, 6) is -0.423. The van der Waals surface area contributed by atoms with Gasteiger partial charge in [-0.05, 0) is 24.6 Å². The molecule has 1 fully saturated rings. The highest BCUT2D eigenvalue weighted by Crippen LogP contribution is 2.28. The Balaban J connectivity index is 0.00000288. The Morgan fingerprint density at radius 3 is 2.67 bits per heavy atom. The fourth-order valence-corrected chi connectivity index (χ4v) is 4.65. The van der Waals surface area contributed by atoms with Gasteiger partial charge in [-0.25, -0.2) is 8.42 Å². The monoisotopic (exact) mass is 395 g/mol. The van der Waals surface area contributed by atoms with E-state index in [4.69, 9.17) is 11.6 Å². The number of carbonyl (C=O) groups is 1. The van der Waals surface area contributed by atoms with Gasteiger partial charge in [-0.2, -0.15) is 4.31 Å². The van der Waals surface area contributed by atoms with Crippen LogP contribution >= 0.6 is 24.0 Å². The summed E-state index contributed by atoms with van der Waals surface area (Å²) in [6.07, 6.45) is 0. The number of piperazine rings is 1. The van der Waals surface area contributed by atoms with Crippen molar-refractivity contribution in [1.82, 2.24) is 14.5 Å². The van der Waals surface area contributed by atoms with E-state index in [0.29, 0.717) is 24.7 Å². The van der Waals surface area contributed by atoms with E-state index in [9.17, 15) is 13.2 Å². The third-order valence-electron chi connectivity index (χ3n) is 3.99. The van der Waals surface area contributed by atoms with Crippen molar-refractivity contribution in [2.75, 3.05) is 33.7 Å². The standard InChI is InChI=1S/C15H22ClN3O3S.ClH/c1-11(15(20)18(2)3)23(21,22)19-8-7-17-10-14(19)12-5-4-6-13(16)9-12;/h4-6,9,11,14,17H,7-8,10H2,1-3H3;1H.